The van der Waals surface area contributed by atoms with Crippen molar-refractivity contribution in [1.82, 2.24) is 10.1 Å². The van der Waals surface area contributed by atoms with Gasteiger partial charge in [0, 0.05) is 18.0 Å². The van der Waals surface area contributed by atoms with Gasteiger partial charge in [0.25, 0.3) is 6.43 Å². The first kappa shape index (κ1) is 18.1. The third-order valence-corrected chi connectivity index (χ3v) is 4.54. The third kappa shape index (κ3) is 3.33. The Morgan fingerprint density at radius 1 is 1.15 bits per heavy atom. The molecule has 136 valence electrons. The minimum atomic E-state index is -4.29. The van der Waals surface area contributed by atoms with Crippen molar-refractivity contribution in [3.05, 3.63) is 53.8 Å². The summed E-state index contributed by atoms with van der Waals surface area (Å²) in [4.78, 5) is 3.23. The van der Waals surface area contributed by atoms with Gasteiger partial charge in [0.1, 0.15) is 16.4 Å². The summed E-state index contributed by atoms with van der Waals surface area (Å²) < 4.78 is 68.2. The summed E-state index contributed by atoms with van der Waals surface area (Å²) in [5.41, 5.74) is 1.02. The molecular formula is C16H12F3N3O3S. The van der Waals surface area contributed by atoms with Crippen LogP contribution >= 0.6 is 0 Å². The Morgan fingerprint density at radius 2 is 1.88 bits per heavy atom. The quantitative estimate of drug-likeness (QED) is 0.744. The molecule has 3 rings (SSSR count). The smallest absolute Gasteiger partial charge is 0.298 e. The number of benzene rings is 1. The number of nitrogens with zero attached hydrogens (tertiary/aromatic N) is 2. The number of sulfonamides is 1. The minimum absolute atomic E-state index is 0.0250. The predicted octanol–water partition coefficient (Wildman–Crippen LogP) is 3.44. The summed E-state index contributed by atoms with van der Waals surface area (Å²) in [6, 6.07) is 4.51. The molecule has 26 heavy (non-hydrogen) atoms. The Morgan fingerprint density at radius 3 is 2.46 bits per heavy atom. The van der Waals surface area contributed by atoms with Crippen LogP contribution in [-0.2, 0) is 10.0 Å². The molecule has 0 aliphatic rings. The van der Waals surface area contributed by atoms with Crippen molar-refractivity contribution in [1.29, 1.82) is 0 Å². The molecule has 0 atom stereocenters. The molecule has 3 aromatic rings. The van der Waals surface area contributed by atoms with Gasteiger partial charge in [-0.05, 0) is 36.2 Å². The Kier molecular flexibility index (Phi) is 4.55. The Hall–Kier alpha value is -2.72. The lowest BCUT2D eigenvalue weighted by Crippen LogP contribution is -2.14. The fourth-order valence-corrected chi connectivity index (χ4v) is 3.09. The lowest BCUT2D eigenvalue weighted by atomic mass is 9.99. The van der Waals surface area contributed by atoms with Gasteiger partial charge >= 0.3 is 0 Å². The largest absolute Gasteiger partial charge is 0.354 e. The average Bonchev–Trinajstić information content (AvgIpc) is 2.98. The molecule has 0 bridgehead atoms. The van der Waals surface area contributed by atoms with Crippen molar-refractivity contribution >= 4 is 10.0 Å². The van der Waals surface area contributed by atoms with E-state index in [-0.39, 0.29) is 16.8 Å². The van der Waals surface area contributed by atoms with Crippen molar-refractivity contribution in [3.63, 3.8) is 0 Å². The van der Waals surface area contributed by atoms with Crippen LogP contribution < -0.4 is 5.14 Å². The number of alkyl halides is 2. The second kappa shape index (κ2) is 6.54. The standard InChI is InChI=1S/C16H12F3N3O3S/c1-8-4-10(7-21-6-8)14-13(15(16(18)19)25-22-14)9-2-3-12(11(17)5-9)26(20,23)24/h2-7,16H,1H3,(H2,20,23,24). The number of aromatic nitrogens is 2. The lowest BCUT2D eigenvalue weighted by molar-refractivity contribution is 0.113. The van der Waals surface area contributed by atoms with E-state index in [4.69, 9.17) is 9.66 Å². The van der Waals surface area contributed by atoms with Crippen LogP contribution in [0.3, 0.4) is 0 Å². The van der Waals surface area contributed by atoms with E-state index in [2.05, 4.69) is 10.1 Å². The number of primary sulfonamides is 1. The SMILES string of the molecule is Cc1cncc(-c2noc(C(F)F)c2-c2ccc(S(N)(=O)=O)c(F)c2)c1. The van der Waals surface area contributed by atoms with Crippen LogP contribution in [-0.4, -0.2) is 18.6 Å². The van der Waals surface area contributed by atoms with Gasteiger partial charge in [0.05, 0.1) is 5.56 Å². The third-order valence-electron chi connectivity index (χ3n) is 3.59. The fourth-order valence-electron chi connectivity index (χ4n) is 2.50. The molecule has 0 spiro atoms. The van der Waals surface area contributed by atoms with Crippen LogP contribution in [0.4, 0.5) is 13.2 Å². The zero-order valence-corrected chi connectivity index (χ0v) is 14.1. The van der Waals surface area contributed by atoms with Crippen molar-refractivity contribution in [2.45, 2.75) is 18.2 Å². The molecule has 6 nitrogen and oxygen atoms in total. The summed E-state index contributed by atoms with van der Waals surface area (Å²) in [5, 5.41) is 8.58. The van der Waals surface area contributed by atoms with Gasteiger partial charge in [-0.1, -0.05) is 11.2 Å². The number of rotatable bonds is 4. The Balaban J connectivity index is 2.24. The number of hydrogen-bond acceptors (Lipinski definition) is 5. The van der Waals surface area contributed by atoms with E-state index in [0.717, 1.165) is 23.8 Å². The van der Waals surface area contributed by atoms with Crippen molar-refractivity contribution in [2.24, 2.45) is 5.14 Å². The highest BCUT2D eigenvalue weighted by Crippen LogP contribution is 2.39. The van der Waals surface area contributed by atoms with E-state index >= 15 is 0 Å². The maximum Gasteiger partial charge on any atom is 0.298 e. The second-order valence-electron chi connectivity index (χ2n) is 5.51. The molecule has 2 N–H and O–H groups in total. The molecule has 0 unspecified atom stereocenters. The maximum atomic E-state index is 14.2. The van der Waals surface area contributed by atoms with Gasteiger partial charge in [-0.25, -0.2) is 26.7 Å². The molecule has 0 aliphatic carbocycles. The van der Waals surface area contributed by atoms with E-state index < -0.39 is 32.9 Å². The second-order valence-corrected chi connectivity index (χ2v) is 7.04. The van der Waals surface area contributed by atoms with Crippen LogP contribution in [0.15, 0.2) is 46.1 Å². The first-order chi connectivity index (χ1) is 12.2. The highest BCUT2D eigenvalue weighted by Gasteiger charge is 2.27. The first-order valence-electron chi connectivity index (χ1n) is 7.21. The van der Waals surface area contributed by atoms with Gasteiger partial charge < -0.3 is 4.52 Å². The van der Waals surface area contributed by atoms with E-state index in [1.54, 1.807) is 19.2 Å². The number of pyridine rings is 1. The highest BCUT2D eigenvalue weighted by molar-refractivity contribution is 7.89. The maximum absolute atomic E-state index is 14.2. The van der Waals surface area contributed by atoms with Gasteiger partial charge in [0.2, 0.25) is 15.8 Å². The minimum Gasteiger partial charge on any atom is -0.354 e. The topological polar surface area (TPSA) is 99.1 Å². The molecule has 0 saturated carbocycles. The van der Waals surface area contributed by atoms with Gasteiger partial charge in [-0.2, -0.15) is 0 Å². The molecule has 0 aliphatic heterocycles. The van der Waals surface area contributed by atoms with Gasteiger partial charge in [-0.15, -0.1) is 0 Å². The Bertz CT molecular complexity index is 1080. The molecule has 2 aromatic heterocycles. The van der Waals surface area contributed by atoms with Crippen LogP contribution in [0, 0.1) is 12.7 Å². The predicted molar refractivity (Wildman–Crippen MR) is 86.2 cm³/mol. The molecule has 1 aromatic carbocycles. The molecule has 0 amide bonds. The fraction of sp³-hybridized carbons (Fsp3) is 0.125. The number of hydrogen-bond donors (Lipinski definition) is 1. The van der Waals surface area contributed by atoms with Crippen LogP contribution in [0.5, 0.6) is 0 Å². The number of halogens is 3. The summed E-state index contributed by atoms with van der Waals surface area (Å²) >= 11 is 0. The summed E-state index contributed by atoms with van der Waals surface area (Å²) in [7, 11) is -4.29. The molecule has 0 fully saturated rings. The van der Waals surface area contributed by atoms with Crippen molar-refractivity contribution < 1.29 is 26.1 Å². The normalized spacial score (nSPS) is 11.9. The summed E-state index contributed by atoms with van der Waals surface area (Å²) in [5.74, 6) is -1.93. The molecule has 10 heteroatoms. The van der Waals surface area contributed by atoms with E-state index in [9.17, 15) is 21.6 Å². The summed E-state index contributed by atoms with van der Waals surface area (Å²) in [6.07, 6.45) is -0.0405. The molecule has 0 saturated heterocycles. The van der Waals surface area contributed by atoms with Crippen LogP contribution in [0.1, 0.15) is 17.7 Å². The van der Waals surface area contributed by atoms with Crippen LogP contribution in [0.2, 0.25) is 0 Å². The van der Waals surface area contributed by atoms with Gasteiger partial charge in [-0.3, -0.25) is 4.98 Å². The zero-order valence-electron chi connectivity index (χ0n) is 13.3. The Labute approximate surface area is 146 Å². The highest BCUT2D eigenvalue weighted by atomic mass is 32.2. The van der Waals surface area contributed by atoms with E-state index in [1.165, 1.54) is 6.20 Å². The van der Waals surface area contributed by atoms with E-state index in [0.29, 0.717) is 5.56 Å². The first-order valence-corrected chi connectivity index (χ1v) is 8.75. The van der Waals surface area contributed by atoms with E-state index in [1.807, 2.05) is 0 Å². The van der Waals surface area contributed by atoms with Crippen molar-refractivity contribution in [2.75, 3.05) is 0 Å². The molecule has 2 heterocycles. The number of nitrogens with two attached hydrogens (primary N) is 1. The molecule has 0 radical (unpaired) electrons. The monoisotopic (exact) mass is 383 g/mol. The van der Waals surface area contributed by atoms with Crippen LogP contribution in [0.25, 0.3) is 22.4 Å². The van der Waals surface area contributed by atoms with Crippen molar-refractivity contribution in [3.8, 4) is 22.4 Å². The molecular weight excluding hydrogens is 371 g/mol. The zero-order chi connectivity index (χ0) is 19.1. The summed E-state index contributed by atoms with van der Waals surface area (Å²) in [6.45, 7) is 1.75. The lowest BCUT2D eigenvalue weighted by Gasteiger charge is -2.07. The van der Waals surface area contributed by atoms with Gasteiger partial charge in [0.15, 0.2) is 0 Å². The number of aryl methyl sites for hydroxylation is 1. The average molecular weight is 383 g/mol.